The van der Waals surface area contributed by atoms with E-state index in [4.69, 9.17) is 0 Å². The number of thiophene rings is 1. The number of carbonyl (C=O) groups excluding carboxylic acids is 1. The lowest BCUT2D eigenvalue weighted by Gasteiger charge is -2.04. The van der Waals surface area contributed by atoms with E-state index < -0.39 is 0 Å². The van der Waals surface area contributed by atoms with E-state index in [0.717, 1.165) is 24.3 Å². The largest absolute Gasteiger partial charge is 0.351 e. The Hall–Kier alpha value is -2.40. The first kappa shape index (κ1) is 16.5. The standard InChI is InChI=1S/C19H21N3OS/c1-2-15-13-17(24-18(15)16-7-4-3-5-8-16)19(23)21-9-6-11-22-12-10-20-14-22/h3-5,7-8,10,12-14H,2,6,9,11H2,1H3,(H,21,23). The van der Waals surface area contributed by atoms with Crippen LogP contribution in [0.2, 0.25) is 0 Å². The third kappa shape index (κ3) is 3.92. The van der Waals surface area contributed by atoms with Gasteiger partial charge in [0.15, 0.2) is 0 Å². The van der Waals surface area contributed by atoms with Crippen molar-refractivity contribution < 1.29 is 4.79 Å². The molecule has 124 valence electrons. The van der Waals surface area contributed by atoms with Gasteiger partial charge in [0.25, 0.3) is 5.91 Å². The molecule has 1 amide bonds. The molecule has 24 heavy (non-hydrogen) atoms. The van der Waals surface area contributed by atoms with E-state index in [0.29, 0.717) is 6.54 Å². The van der Waals surface area contributed by atoms with E-state index in [1.807, 2.05) is 35.0 Å². The Balaban J connectivity index is 1.61. The third-order valence-electron chi connectivity index (χ3n) is 3.89. The second kappa shape index (κ2) is 7.93. The molecule has 0 aliphatic heterocycles. The van der Waals surface area contributed by atoms with Crippen molar-refractivity contribution in [3.63, 3.8) is 0 Å². The number of benzene rings is 1. The van der Waals surface area contributed by atoms with Crippen molar-refractivity contribution in [1.29, 1.82) is 0 Å². The summed E-state index contributed by atoms with van der Waals surface area (Å²) < 4.78 is 2.01. The van der Waals surface area contributed by atoms with Gasteiger partial charge in [-0.05, 0) is 30.0 Å². The first-order chi connectivity index (χ1) is 11.8. The van der Waals surface area contributed by atoms with E-state index in [2.05, 4.69) is 29.4 Å². The maximum absolute atomic E-state index is 12.4. The van der Waals surface area contributed by atoms with Crippen molar-refractivity contribution in [2.24, 2.45) is 0 Å². The summed E-state index contributed by atoms with van der Waals surface area (Å²) >= 11 is 1.57. The van der Waals surface area contributed by atoms with E-state index in [9.17, 15) is 4.79 Å². The highest BCUT2D eigenvalue weighted by Gasteiger charge is 2.14. The van der Waals surface area contributed by atoms with Crippen LogP contribution in [0.15, 0.2) is 55.1 Å². The molecule has 0 spiro atoms. The zero-order valence-electron chi connectivity index (χ0n) is 13.7. The van der Waals surface area contributed by atoms with Crippen LogP contribution in [0.5, 0.6) is 0 Å². The van der Waals surface area contributed by atoms with Crippen molar-refractivity contribution in [1.82, 2.24) is 14.9 Å². The van der Waals surface area contributed by atoms with Crippen LogP contribution in [-0.4, -0.2) is 22.0 Å². The first-order valence-corrected chi connectivity index (χ1v) is 9.01. The summed E-state index contributed by atoms with van der Waals surface area (Å²) in [4.78, 5) is 18.4. The van der Waals surface area contributed by atoms with Crippen molar-refractivity contribution in [3.05, 3.63) is 65.6 Å². The molecule has 0 aliphatic carbocycles. The summed E-state index contributed by atoms with van der Waals surface area (Å²) in [5, 5.41) is 3.02. The van der Waals surface area contributed by atoms with Crippen molar-refractivity contribution in [2.45, 2.75) is 26.3 Å². The molecule has 5 heteroatoms. The maximum Gasteiger partial charge on any atom is 0.261 e. The number of aromatic nitrogens is 2. The second-order valence-corrected chi connectivity index (χ2v) is 6.65. The van der Waals surface area contributed by atoms with Gasteiger partial charge >= 0.3 is 0 Å². The molecule has 0 unspecified atom stereocenters. The van der Waals surface area contributed by atoms with Crippen LogP contribution in [0.25, 0.3) is 10.4 Å². The molecule has 3 rings (SSSR count). The highest BCUT2D eigenvalue weighted by atomic mass is 32.1. The Labute approximate surface area is 146 Å². The Morgan fingerprint density at radius 1 is 1.29 bits per heavy atom. The average molecular weight is 339 g/mol. The molecule has 3 aromatic rings. The summed E-state index contributed by atoms with van der Waals surface area (Å²) in [7, 11) is 0. The summed E-state index contributed by atoms with van der Waals surface area (Å²) in [6.07, 6.45) is 7.30. The smallest absolute Gasteiger partial charge is 0.261 e. The molecule has 0 radical (unpaired) electrons. The summed E-state index contributed by atoms with van der Waals surface area (Å²) in [6.45, 7) is 3.65. The van der Waals surface area contributed by atoms with E-state index in [1.165, 1.54) is 16.0 Å². The lowest BCUT2D eigenvalue weighted by Crippen LogP contribution is -2.24. The van der Waals surface area contributed by atoms with E-state index in [-0.39, 0.29) is 5.91 Å². The van der Waals surface area contributed by atoms with Crippen LogP contribution in [-0.2, 0) is 13.0 Å². The lowest BCUT2D eigenvalue weighted by molar-refractivity contribution is 0.0956. The number of rotatable bonds is 7. The molecule has 1 N–H and O–H groups in total. The quantitative estimate of drug-likeness (QED) is 0.662. The minimum atomic E-state index is 0.0162. The fourth-order valence-corrected chi connectivity index (χ4v) is 3.78. The lowest BCUT2D eigenvalue weighted by atomic mass is 10.1. The molecular weight excluding hydrogens is 318 g/mol. The summed E-state index contributed by atoms with van der Waals surface area (Å²) in [5.74, 6) is 0.0162. The molecule has 1 aromatic carbocycles. The predicted octanol–water partition coefficient (Wildman–Crippen LogP) is 3.99. The maximum atomic E-state index is 12.4. The number of imidazole rings is 1. The van der Waals surface area contributed by atoms with Crippen LogP contribution < -0.4 is 5.32 Å². The molecule has 0 atom stereocenters. The van der Waals surface area contributed by atoms with Crippen molar-refractivity contribution in [3.8, 4) is 10.4 Å². The van der Waals surface area contributed by atoms with Gasteiger partial charge < -0.3 is 9.88 Å². The van der Waals surface area contributed by atoms with Gasteiger partial charge in [0.2, 0.25) is 0 Å². The van der Waals surface area contributed by atoms with Gasteiger partial charge in [-0.15, -0.1) is 11.3 Å². The van der Waals surface area contributed by atoms with Crippen molar-refractivity contribution >= 4 is 17.2 Å². The second-order valence-electron chi connectivity index (χ2n) is 5.59. The third-order valence-corrected chi connectivity index (χ3v) is 5.11. The minimum absolute atomic E-state index is 0.0162. The zero-order chi connectivity index (χ0) is 16.8. The zero-order valence-corrected chi connectivity index (χ0v) is 14.6. The molecular formula is C19H21N3OS. The monoisotopic (exact) mass is 339 g/mol. The van der Waals surface area contributed by atoms with E-state index in [1.54, 1.807) is 23.9 Å². The predicted molar refractivity (Wildman–Crippen MR) is 98.3 cm³/mol. The van der Waals surface area contributed by atoms with Crippen LogP contribution >= 0.6 is 11.3 Å². The molecule has 4 nitrogen and oxygen atoms in total. The van der Waals surface area contributed by atoms with Gasteiger partial charge in [-0.2, -0.15) is 0 Å². The van der Waals surface area contributed by atoms with Gasteiger partial charge in [-0.25, -0.2) is 4.98 Å². The molecule has 2 heterocycles. The number of carbonyl (C=O) groups is 1. The number of nitrogens with zero attached hydrogens (tertiary/aromatic N) is 2. The van der Waals surface area contributed by atoms with Crippen LogP contribution in [0, 0.1) is 0 Å². The van der Waals surface area contributed by atoms with Crippen LogP contribution in [0.3, 0.4) is 0 Å². The molecule has 0 fully saturated rings. The van der Waals surface area contributed by atoms with Gasteiger partial charge in [0.05, 0.1) is 11.2 Å². The molecule has 0 saturated carbocycles. The molecule has 0 saturated heterocycles. The number of aryl methyl sites for hydroxylation is 2. The fraction of sp³-hybridized carbons (Fsp3) is 0.263. The Morgan fingerprint density at radius 3 is 2.83 bits per heavy atom. The summed E-state index contributed by atoms with van der Waals surface area (Å²) in [6, 6.07) is 12.3. The van der Waals surface area contributed by atoms with Crippen molar-refractivity contribution in [2.75, 3.05) is 6.54 Å². The van der Waals surface area contributed by atoms with Gasteiger partial charge in [-0.1, -0.05) is 37.3 Å². The molecule has 2 aromatic heterocycles. The minimum Gasteiger partial charge on any atom is -0.351 e. The van der Waals surface area contributed by atoms with Crippen LogP contribution in [0.4, 0.5) is 0 Å². The number of amides is 1. The van der Waals surface area contributed by atoms with Crippen LogP contribution in [0.1, 0.15) is 28.6 Å². The average Bonchev–Trinajstić information content (AvgIpc) is 3.28. The normalized spacial score (nSPS) is 10.7. The fourth-order valence-electron chi connectivity index (χ4n) is 2.61. The van der Waals surface area contributed by atoms with Gasteiger partial charge in [0, 0.05) is 30.4 Å². The Morgan fingerprint density at radius 2 is 2.12 bits per heavy atom. The molecule has 0 aliphatic rings. The highest BCUT2D eigenvalue weighted by molar-refractivity contribution is 7.17. The number of hydrogen-bond acceptors (Lipinski definition) is 3. The number of nitrogens with one attached hydrogen (secondary N) is 1. The number of hydrogen-bond donors (Lipinski definition) is 1. The summed E-state index contributed by atoms with van der Waals surface area (Å²) in [5.41, 5.74) is 2.41. The highest BCUT2D eigenvalue weighted by Crippen LogP contribution is 2.33. The Bertz CT molecular complexity index is 778. The Kier molecular flexibility index (Phi) is 5.43. The topological polar surface area (TPSA) is 46.9 Å². The van der Waals surface area contributed by atoms with E-state index >= 15 is 0 Å². The van der Waals surface area contributed by atoms with Gasteiger partial charge in [-0.3, -0.25) is 4.79 Å². The molecule has 0 bridgehead atoms. The van der Waals surface area contributed by atoms with Gasteiger partial charge in [0.1, 0.15) is 0 Å². The first-order valence-electron chi connectivity index (χ1n) is 8.20. The SMILES string of the molecule is CCc1cc(C(=O)NCCCn2ccnc2)sc1-c1ccccc1.